The fourth-order valence-electron chi connectivity index (χ4n) is 2.84. The lowest BCUT2D eigenvalue weighted by molar-refractivity contribution is -0.116. The van der Waals surface area contributed by atoms with E-state index in [9.17, 15) is 26.4 Å². The molecule has 0 aromatic heterocycles. The van der Waals surface area contributed by atoms with E-state index in [1.54, 1.807) is 19.1 Å². The van der Waals surface area contributed by atoms with E-state index in [4.69, 9.17) is 0 Å². The Morgan fingerprint density at radius 3 is 2.29 bits per heavy atom. The minimum Gasteiger partial charge on any atom is -0.322 e. The molecule has 0 fully saturated rings. The van der Waals surface area contributed by atoms with Gasteiger partial charge in [-0.25, -0.2) is 21.6 Å². The van der Waals surface area contributed by atoms with Gasteiger partial charge in [0.2, 0.25) is 15.9 Å². The summed E-state index contributed by atoms with van der Waals surface area (Å²) in [4.78, 5) is 12.4. The zero-order chi connectivity index (χ0) is 22.6. The van der Waals surface area contributed by atoms with Crippen molar-refractivity contribution < 1.29 is 26.4 Å². The molecule has 0 saturated heterocycles. The summed E-state index contributed by atoms with van der Waals surface area (Å²) < 4.78 is 68.5. The maximum atomic E-state index is 14.2. The van der Waals surface area contributed by atoms with E-state index in [1.165, 1.54) is 36.4 Å². The smallest absolute Gasteiger partial charge is 0.243 e. The third-order valence-electron chi connectivity index (χ3n) is 4.49. The quantitative estimate of drug-likeness (QED) is 0.588. The number of nitrogens with one attached hydrogen (secondary N) is 1. The van der Waals surface area contributed by atoms with E-state index in [0.717, 1.165) is 28.1 Å². The van der Waals surface area contributed by atoms with Crippen LogP contribution in [0.3, 0.4) is 0 Å². The van der Waals surface area contributed by atoms with Crippen LogP contribution in [0.1, 0.15) is 11.1 Å². The van der Waals surface area contributed by atoms with Gasteiger partial charge in [0.1, 0.15) is 17.5 Å². The van der Waals surface area contributed by atoms with Gasteiger partial charge < -0.3 is 5.32 Å². The Bertz CT molecular complexity index is 1200. The van der Waals surface area contributed by atoms with Crippen LogP contribution < -0.4 is 5.32 Å². The summed E-state index contributed by atoms with van der Waals surface area (Å²) in [5.41, 5.74) is 0.463. The highest BCUT2D eigenvalue weighted by molar-refractivity contribution is 7.89. The molecule has 0 heterocycles. The van der Waals surface area contributed by atoms with Crippen LogP contribution in [-0.4, -0.2) is 25.2 Å². The molecule has 9 heteroatoms. The Morgan fingerprint density at radius 1 is 0.935 bits per heavy atom. The minimum atomic E-state index is -4.20. The second-order valence-corrected chi connectivity index (χ2v) is 8.79. The summed E-state index contributed by atoms with van der Waals surface area (Å²) in [6, 6.07) is 14.0. The summed E-state index contributed by atoms with van der Waals surface area (Å²) in [7, 11) is -4.20. The molecular formula is C22H19F3N2O3S. The SMILES string of the molecule is Cc1ccc(S(=O)(=O)N(CC(=O)Nc2cc(F)ccc2F)Cc2ccccc2F)cc1. The molecule has 0 saturated carbocycles. The van der Waals surface area contributed by atoms with E-state index in [2.05, 4.69) is 5.32 Å². The number of carbonyl (C=O) groups is 1. The minimum absolute atomic E-state index is 0.0583. The molecule has 0 unspecified atom stereocenters. The largest absolute Gasteiger partial charge is 0.322 e. The highest BCUT2D eigenvalue weighted by Gasteiger charge is 2.28. The van der Waals surface area contributed by atoms with Crippen molar-refractivity contribution in [3.05, 3.63) is 95.3 Å². The third-order valence-corrected chi connectivity index (χ3v) is 6.29. The van der Waals surface area contributed by atoms with Gasteiger partial charge in [0.05, 0.1) is 17.1 Å². The molecule has 5 nitrogen and oxygen atoms in total. The first-order valence-electron chi connectivity index (χ1n) is 9.22. The number of aryl methyl sites for hydroxylation is 1. The van der Waals surface area contributed by atoms with E-state index < -0.39 is 52.2 Å². The Morgan fingerprint density at radius 2 is 1.61 bits per heavy atom. The van der Waals surface area contributed by atoms with Crippen molar-refractivity contribution in [2.75, 3.05) is 11.9 Å². The number of rotatable bonds is 7. The molecule has 0 bridgehead atoms. The summed E-state index contributed by atoms with van der Waals surface area (Å²) >= 11 is 0. The predicted octanol–water partition coefficient (Wildman–Crippen LogP) is 4.24. The topological polar surface area (TPSA) is 66.5 Å². The van der Waals surface area contributed by atoms with Crippen molar-refractivity contribution in [2.24, 2.45) is 0 Å². The first kappa shape index (κ1) is 22.5. The number of hydrogen-bond donors (Lipinski definition) is 1. The van der Waals surface area contributed by atoms with Crippen LogP contribution in [0, 0.1) is 24.4 Å². The van der Waals surface area contributed by atoms with Gasteiger partial charge in [-0.05, 0) is 37.3 Å². The van der Waals surface area contributed by atoms with Crippen molar-refractivity contribution >= 4 is 21.6 Å². The zero-order valence-electron chi connectivity index (χ0n) is 16.5. The standard InChI is InChI=1S/C22H19F3N2O3S/c1-15-6-9-18(10-7-15)31(29,30)27(13-16-4-2-3-5-19(16)24)14-22(28)26-21-12-17(23)8-11-20(21)25/h2-12H,13-14H2,1H3,(H,26,28). The van der Waals surface area contributed by atoms with Gasteiger partial charge in [0.15, 0.2) is 0 Å². The normalized spacial score (nSPS) is 11.5. The Hall–Kier alpha value is -3.17. The van der Waals surface area contributed by atoms with Crippen molar-refractivity contribution in [1.29, 1.82) is 0 Å². The van der Waals surface area contributed by atoms with Gasteiger partial charge in [-0.15, -0.1) is 0 Å². The number of hydrogen-bond acceptors (Lipinski definition) is 3. The van der Waals surface area contributed by atoms with Crippen LogP contribution >= 0.6 is 0 Å². The van der Waals surface area contributed by atoms with Crippen molar-refractivity contribution in [3.63, 3.8) is 0 Å². The maximum absolute atomic E-state index is 14.2. The monoisotopic (exact) mass is 448 g/mol. The molecule has 3 aromatic carbocycles. The number of anilines is 1. The number of benzene rings is 3. The number of halogens is 3. The zero-order valence-corrected chi connectivity index (χ0v) is 17.3. The molecule has 1 amide bonds. The highest BCUT2D eigenvalue weighted by atomic mass is 32.2. The molecule has 0 aliphatic carbocycles. The first-order valence-corrected chi connectivity index (χ1v) is 10.7. The average molecular weight is 448 g/mol. The number of carbonyl (C=O) groups excluding carboxylic acids is 1. The van der Waals surface area contributed by atoms with Gasteiger partial charge in [0, 0.05) is 18.2 Å². The van der Waals surface area contributed by atoms with Crippen LogP contribution in [0.15, 0.2) is 71.6 Å². The van der Waals surface area contributed by atoms with Crippen LogP contribution in [0.5, 0.6) is 0 Å². The van der Waals surface area contributed by atoms with Gasteiger partial charge in [-0.3, -0.25) is 4.79 Å². The first-order chi connectivity index (χ1) is 14.7. The predicted molar refractivity (Wildman–Crippen MR) is 110 cm³/mol. The molecule has 3 rings (SSSR count). The molecule has 0 radical (unpaired) electrons. The van der Waals surface area contributed by atoms with E-state index in [1.807, 2.05) is 0 Å². The van der Waals surface area contributed by atoms with Crippen LogP contribution in [0.25, 0.3) is 0 Å². The molecule has 0 spiro atoms. The van der Waals surface area contributed by atoms with Crippen LogP contribution in [0.2, 0.25) is 0 Å². The maximum Gasteiger partial charge on any atom is 0.243 e. The fraction of sp³-hybridized carbons (Fsp3) is 0.136. The van der Waals surface area contributed by atoms with Crippen molar-refractivity contribution in [3.8, 4) is 0 Å². The van der Waals surface area contributed by atoms with E-state index in [-0.39, 0.29) is 10.5 Å². The summed E-state index contributed by atoms with van der Waals surface area (Å²) in [5.74, 6) is -3.19. The van der Waals surface area contributed by atoms with Crippen molar-refractivity contribution in [1.82, 2.24) is 4.31 Å². The lowest BCUT2D eigenvalue weighted by Crippen LogP contribution is -2.38. The summed E-state index contributed by atoms with van der Waals surface area (Å²) in [6.07, 6.45) is 0. The van der Waals surface area contributed by atoms with Crippen molar-refractivity contribution in [2.45, 2.75) is 18.4 Å². The van der Waals surface area contributed by atoms with Gasteiger partial charge >= 0.3 is 0 Å². The Balaban J connectivity index is 1.91. The van der Waals surface area contributed by atoms with Gasteiger partial charge in [-0.1, -0.05) is 35.9 Å². The van der Waals surface area contributed by atoms with E-state index in [0.29, 0.717) is 0 Å². The molecule has 0 atom stereocenters. The van der Waals surface area contributed by atoms with Gasteiger partial charge in [0.25, 0.3) is 0 Å². The second kappa shape index (κ2) is 9.32. The lowest BCUT2D eigenvalue weighted by atomic mass is 10.2. The van der Waals surface area contributed by atoms with Gasteiger partial charge in [-0.2, -0.15) is 4.31 Å². The number of amides is 1. The fourth-order valence-corrected chi connectivity index (χ4v) is 4.22. The summed E-state index contributed by atoms with van der Waals surface area (Å²) in [6.45, 7) is 0.622. The highest BCUT2D eigenvalue weighted by Crippen LogP contribution is 2.21. The molecule has 162 valence electrons. The summed E-state index contributed by atoms with van der Waals surface area (Å²) in [5, 5.41) is 2.16. The Kier molecular flexibility index (Phi) is 6.77. The number of nitrogens with zero attached hydrogens (tertiary/aromatic N) is 1. The second-order valence-electron chi connectivity index (χ2n) is 6.85. The number of sulfonamides is 1. The molecule has 0 aliphatic rings. The van der Waals surface area contributed by atoms with Crippen LogP contribution in [0.4, 0.5) is 18.9 Å². The average Bonchev–Trinajstić information content (AvgIpc) is 2.72. The molecule has 1 N–H and O–H groups in total. The molecule has 31 heavy (non-hydrogen) atoms. The molecular weight excluding hydrogens is 429 g/mol. The molecule has 3 aromatic rings. The van der Waals surface area contributed by atoms with Crippen LogP contribution in [-0.2, 0) is 21.4 Å². The molecule has 0 aliphatic heterocycles. The van der Waals surface area contributed by atoms with E-state index >= 15 is 0 Å². The Labute approximate surface area is 178 Å². The third kappa shape index (κ3) is 5.50. The lowest BCUT2D eigenvalue weighted by Gasteiger charge is -2.22.